The number of rotatable bonds is 4. The van der Waals surface area contributed by atoms with Crippen LogP contribution in [0.5, 0.6) is 0 Å². The van der Waals surface area contributed by atoms with Crippen LogP contribution >= 0.6 is 0 Å². The van der Waals surface area contributed by atoms with Crippen molar-refractivity contribution in [2.45, 2.75) is 38.3 Å². The second-order valence-corrected chi connectivity index (χ2v) is 7.10. The molecule has 1 unspecified atom stereocenters. The third-order valence-corrected chi connectivity index (χ3v) is 5.44. The van der Waals surface area contributed by atoms with E-state index >= 15 is 0 Å². The molecule has 0 bridgehead atoms. The molecule has 134 valence electrons. The third-order valence-electron chi connectivity index (χ3n) is 5.44. The van der Waals surface area contributed by atoms with Crippen molar-refractivity contribution in [1.29, 1.82) is 0 Å². The van der Waals surface area contributed by atoms with Gasteiger partial charge in [-0.1, -0.05) is 12.5 Å². The smallest absolute Gasteiger partial charge is 0.410 e. The second kappa shape index (κ2) is 6.67. The van der Waals surface area contributed by atoms with Crippen molar-refractivity contribution >= 4 is 12.1 Å². The van der Waals surface area contributed by atoms with Crippen LogP contribution in [0.25, 0.3) is 0 Å². The van der Waals surface area contributed by atoms with Crippen molar-refractivity contribution in [2.24, 2.45) is 5.92 Å². The molecule has 4 rings (SSSR count). The quantitative estimate of drug-likeness (QED) is 0.785. The van der Waals surface area contributed by atoms with Gasteiger partial charge in [0.15, 0.2) is 6.10 Å². The number of cyclic esters (lactones) is 1. The number of hydrogen-bond acceptors (Lipinski definition) is 5. The molecule has 0 radical (unpaired) electrons. The van der Waals surface area contributed by atoms with Crippen molar-refractivity contribution in [1.82, 2.24) is 4.90 Å². The zero-order chi connectivity index (χ0) is 17.4. The van der Waals surface area contributed by atoms with Gasteiger partial charge in [0, 0.05) is 25.8 Å². The lowest BCUT2D eigenvalue weighted by Crippen LogP contribution is -2.37. The highest BCUT2D eigenvalue weighted by Crippen LogP contribution is 2.35. The summed E-state index contributed by atoms with van der Waals surface area (Å²) in [6.07, 6.45) is 3.74. The SMILES string of the molecule is COCC1OC(=O)c2cc3c(cc21)CCN(C(=O)OCC1CCC1)C3. The topological polar surface area (TPSA) is 65.1 Å². The van der Waals surface area contributed by atoms with E-state index in [0.29, 0.717) is 37.8 Å². The van der Waals surface area contributed by atoms with E-state index in [1.54, 1.807) is 12.0 Å². The summed E-state index contributed by atoms with van der Waals surface area (Å²) in [7, 11) is 1.59. The first-order chi connectivity index (χ1) is 12.2. The minimum atomic E-state index is -0.330. The van der Waals surface area contributed by atoms with Crippen LogP contribution in [-0.2, 0) is 27.2 Å². The highest BCUT2D eigenvalue weighted by atomic mass is 16.6. The maximum Gasteiger partial charge on any atom is 0.410 e. The standard InChI is InChI=1S/C19H23NO5/c1-23-11-17-15-7-13-5-6-20(19(22)24-10-12-3-2-4-12)9-14(13)8-16(15)18(21)25-17/h7-8,12,17H,2-6,9-11H2,1H3. The van der Waals surface area contributed by atoms with E-state index in [9.17, 15) is 9.59 Å². The Morgan fingerprint density at radius 3 is 2.84 bits per heavy atom. The molecule has 1 aromatic rings. The first-order valence-electron chi connectivity index (χ1n) is 8.93. The highest BCUT2D eigenvalue weighted by molar-refractivity contribution is 5.94. The molecule has 0 N–H and O–H groups in total. The van der Waals surface area contributed by atoms with Gasteiger partial charge in [0.1, 0.15) is 0 Å². The fourth-order valence-corrected chi connectivity index (χ4v) is 3.70. The van der Waals surface area contributed by atoms with Gasteiger partial charge in [0.05, 0.1) is 18.8 Å². The summed E-state index contributed by atoms with van der Waals surface area (Å²) in [6.45, 7) is 2.00. The number of amides is 1. The summed E-state index contributed by atoms with van der Waals surface area (Å²) in [5, 5.41) is 0. The Morgan fingerprint density at radius 1 is 1.28 bits per heavy atom. The molecule has 0 spiro atoms. The van der Waals surface area contributed by atoms with Gasteiger partial charge in [-0.25, -0.2) is 9.59 Å². The Balaban J connectivity index is 1.47. The van der Waals surface area contributed by atoms with Gasteiger partial charge >= 0.3 is 12.1 Å². The largest absolute Gasteiger partial charge is 0.451 e. The minimum absolute atomic E-state index is 0.252. The Morgan fingerprint density at radius 2 is 2.12 bits per heavy atom. The van der Waals surface area contributed by atoms with E-state index in [0.717, 1.165) is 30.4 Å². The molecular formula is C19H23NO5. The average Bonchev–Trinajstić information content (AvgIpc) is 2.86. The third kappa shape index (κ3) is 3.11. The second-order valence-electron chi connectivity index (χ2n) is 7.10. The van der Waals surface area contributed by atoms with Crippen LogP contribution < -0.4 is 0 Å². The molecule has 1 atom stereocenters. The maximum atomic E-state index is 12.3. The number of fused-ring (bicyclic) bond motifs is 2. The monoisotopic (exact) mass is 345 g/mol. The molecule has 0 aromatic heterocycles. The van der Waals surface area contributed by atoms with Gasteiger partial charge in [-0.3, -0.25) is 0 Å². The molecule has 25 heavy (non-hydrogen) atoms. The van der Waals surface area contributed by atoms with Crippen LogP contribution in [0, 0.1) is 5.92 Å². The zero-order valence-electron chi connectivity index (χ0n) is 14.5. The predicted molar refractivity (Wildman–Crippen MR) is 89.3 cm³/mol. The van der Waals surface area contributed by atoms with Crippen LogP contribution in [0.4, 0.5) is 4.79 Å². The summed E-state index contributed by atoms with van der Waals surface area (Å²) < 4.78 is 16.0. The molecule has 1 amide bonds. The molecular weight excluding hydrogens is 322 g/mol. The van der Waals surface area contributed by atoms with Crippen LogP contribution in [0.1, 0.15) is 52.4 Å². The van der Waals surface area contributed by atoms with Gasteiger partial charge in [0.2, 0.25) is 0 Å². The van der Waals surface area contributed by atoms with E-state index in [4.69, 9.17) is 14.2 Å². The maximum absolute atomic E-state index is 12.3. The van der Waals surface area contributed by atoms with Crippen molar-refractivity contribution in [3.8, 4) is 0 Å². The Hall–Kier alpha value is -2.08. The number of carbonyl (C=O) groups excluding carboxylic acids is 2. The number of esters is 1. The summed E-state index contributed by atoms with van der Waals surface area (Å²) in [5.41, 5.74) is 3.65. The minimum Gasteiger partial charge on any atom is -0.451 e. The number of methoxy groups -OCH3 is 1. The Bertz CT molecular complexity index is 697. The van der Waals surface area contributed by atoms with Crippen LogP contribution in [0.15, 0.2) is 12.1 Å². The van der Waals surface area contributed by atoms with Gasteiger partial charge in [-0.2, -0.15) is 0 Å². The molecule has 1 saturated carbocycles. The summed E-state index contributed by atoms with van der Waals surface area (Å²) >= 11 is 0. The molecule has 1 fully saturated rings. The Labute approximate surface area is 147 Å². The molecule has 6 heteroatoms. The van der Waals surface area contributed by atoms with Gasteiger partial charge in [-0.15, -0.1) is 0 Å². The molecule has 2 aliphatic heterocycles. The Kier molecular flexibility index (Phi) is 4.37. The fraction of sp³-hybridized carbons (Fsp3) is 0.579. The average molecular weight is 345 g/mol. The lowest BCUT2D eigenvalue weighted by molar-refractivity contribution is 0.0152. The lowest BCUT2D eigenvalue weighted by atomic mass is 9.86. The van der Waals surface area contributed by atoms with Gasteiger partial charge in [0.25, 0.3) is 0 Å². The van der Waals surface area contributed by atoms with E-state index in [1.165, 1.54) is 12.0 Å². The normalized spacial score (nSPS) is 22.0. The van der Waals surface area contributed by atoms with Crippen LogP contribution in [0.2, 0.25) is 0 Å². The zero-order valence-corrected chi connectivity index (χ0v) is 14.5. The van der Waals surface area contributed by atoms with Crippen molar-refractivity contribution < 1.29 is 23.8 Å². The summed E-state index contributed by atoms with van der Waals surface area (Å²) in [5.74, 6) is 0.223. The number of hydrogen-bond donors (Lipinski definition) is 0. The number of nitrogens with zero attached hydrogens (tertiary/aromatic N) is 1. The number of benzene rings is 1. The molecule has 6 nitrogen and oxygen atoms in total. The summed E-state index contributed by atoms with van der Waals surface area (Å²) in [6, 6.07) is 3.91. The highest BCUT2D eigenvalue weighted by Gasteiger charge is 2.34. The van der Waals surface area contributed by atoms with Crippen molar-refractivity contribution in [3.63, 3.8) is 0 Å². The van der Waals surface area contributed by atoms with Crippen LogP contribution in [0.3, 0.4) is 0 Å². The van der Waals surface area contributed by atoms with Gasteiger partial charge in [-0.05, 0) is 42.4 Å². The van der Waals surface area contributed by atoms with E-state index < -0.39 is 0 Å². The fourth-order valence-electron chi connectivity index (χ4n) is 3.70. The number of carbonyl (C=O) groups is 2. The molecule has 1 aromatic carbocycles. The molecule has 2 heterocycles. The van der Waals surface area contributed by atoms with Crippen molar-refractivity contribution in [3.05, 3.63) is 34.4 Å². The van der Waals surface area contributed by atoms with Crippen LogP contribution in [-0.4, -0.2) is 43.8 Å². The molecule has 1 aliphatic carbocycles. The first-order valence-corrected chi connectivity index (χ1v) is 8.93. The van der Waals surface area contributed by atoms with E-state index in [2.05, 4.69) is 0 Å². The van der Waals surface area contributed by atoms with Crippen molar-refractivity contribution in [2.75, 3.05) is 26.9 Å². The molecule has 0 saturated heterocycles. The van der Waals surface area contributed by atoms with E-state index in [-0.39, 0.29) is 18.2 Å². The lowest BCUT2D eigenvalue weighted by Gasteiger charge is -2.30. The predicted octanol–water partition coefficient (Wildman–Crippen LogP) is 2.84. The first kappa shape index (κ1) is 16.4. The number of ether oxygens (including phenoxy) is 3. The van der Waals surface area contributed by atoms with E-state index in [1.807, 2.05) is 12.1 Å². The summed E-state index contributed by atoms with van der Waals surface area (Å²) in [4.78, 5) is 26.1. The molecule has 3 aliphatic rings. The van der Waals surface area contributed by atoms with Gasteiger partial charge < -0.3 is 19.1 Å².